The van der Waals surface area contributed by atoms with Gasteiger partial charge in [0, 0.05) is 13.2 Å². The molecule has 0 spiro atoms. The molecule has 2 aromatic carbocycles. The zero-order valence-electron chi connectivity index (χ0n) is 14.1. The predicted octanol–water partition coefficient (Wildman–Crippen LogP) is 2.35. The van der Waals surface area contributed by atoms with Gasteiger partial charge in [0.25, 0.3) is 5.91 Å². The molecule has 0 unspecified atom stereocenters. The largest absolute Gasteiger partial charge is 0.368 e. The topological polar surface area (TPSA) is 72.6 Å². The van der Waals surface area contributed by atoms with Gasteiger partial charge in [0.15, 0.2) is 0 Å². The Morgan fingerprint density at radius 3 is 2.32 bits per heavy atom. The highest BCUT2D eigenvalue weighted by molar-refractivity contribution is 5.86. The first-order chi connectivity index (χ1) is 12.1. The fraction of sp³-hybridized carbons (Fsp3) is 0.300. The summed E-state index contributed by atoms with van der Waals surface area (Å²) in [5.74, 6) is -0.685. The lowest BCUT2D eigenvalue weighted by Gasteiger charge is -2.24. The number of nitrogens with zero attached hydrogens (tertiary/aromatic N) is 1. The van der Waals surface area contributed by atoms with Crippen molar-refractivity contribution in [3.8, 4) is 11.1 Å². The SMILES string of the molecule is NC(=O)CN(Cc1ccc(-c2ccccc2)cc1)C(=O)[C@@H]1CCCO1. The zero-order valence-corrected chi connectivity index (χ0v) is 14.1. The number of rotatable bonds is 6. The van der Waals surface area contributed by atoms with Crippen LogP contribution in [0.15, 0.2) is 54.6 Å². The molecule has 5 heteroatoms. The van der Waals surface area contributed by atoms with Crippen LogP contribution in [0.1, 0.15) is 18.4 Å². The van der Waals surface area contributed by atoms with Gasteiger partial charge in [0.05, 0.1) is 6.54 Å². The van der Waals surface area contributed by atoms with Crippen LogP contribution >= 0.6 is 0 Å². The van der Waals surface area contributed by atoms with E-state index in [4.69, 9.17) is 10.5 Å². The standard InChI is InChI=1S/C20H22N2O3/c21-19(23)14-22(20(24)18-7-4-12-25-18)13-15-8-10-17(11-9-15)16-5-2-1-3-6-16/h1-3,5-6,8-11,18H,4,7,12-14H2,(H2,21,23)/t18-/m0/s1. The van der Waals surface area contributed by atoms with Gasteiger partial charge >= 0.3 is 0 Å². The summed E-state index contributed by atoms with van der Waals surface area (Å²) < 4.78 is 5.45. The number of amides is 2. The molecule has 1 saturated heterocycles. The van der Waals surface area contributed by atoms with Crippen LogP contribution < -0.4 is 5.73 Å². The molecular formula is C20H22N2O3. The molecule has 2 amide bonds. The van der Waals surface area contributed by atoms with E-state index < -0.39 is 12.0 Å². The van der Waals surface area contributed by atoms with Crippen LogP contribution in [0.2, 0.25) is 0 Å². The van der Waals surface area contributed by atoms with Crippen molar-refractivity contribution < 1.29 is 14.3 Å². The summed E-state index contributed by atoms with van der Waals surface area (Å²) in [6.45, 7) is 0.836. The summed E-state index contributed by atoms with van der Waals surface area (Å²) in [6.07, 6.45) is 1.11. The molecule has 2 aromatic rings. The van der Waals surface area contributed by atoms with Gasteiger partial charge in [0.1, 0.15) is 6.10 Å². The van der Waals surface area contributed by atoms with E-state index in [1.165, 1.54) is 4.90 Å². The van der Waals surface area contributed by atoms with Crippen molar-refractivity contribution in [1.82, 2.24) is 4.90 Å². The van der Waals surface area contributed by atoms with Crippen LogP contribution in [0.3, 0.4) is 0 Å². The monoisotopic (exact) mass is 338 g/mol. The van der Waals surface area contributed by atoms with E-state index in [1.807, 2.05) is 42.5 Å². The van der Waals surface area contributed by atoms with Crippen LogP contribution in [-0.2, 0) is 20.9 Å². The van der Waals surface area contributed by atoms with Crippen molar-refractivity contribution in [2.24, 2.45) is 5.73 Å². The van der Waals surface area contributed by atoms with E-state index >= 15 is 0 Å². The number of benzene rings is 2. The first-order valence-electron chi connectivity index (χ1n) is 8.46. The highest BCUT2D eigenvalue weighted by Gasteiger charge is 2.29. The van der Waals surface area contributed by atoms with Crippen LogP contribution in [-0.4, -0.2) is 36.0 Å². The maximum absolute atomic E-state index is 12.6. The first-order valence-corrected chi connectivity index (χ1v) is 8.46. The summed E-state index contributed by atoms with van der Waals surface area (Å²) in [6, 6.07) is 18.1. The van der Waals surface area contributed by atoms with Crippen molar-refractivity contribution in [1.29, 1.82) is 0 Å². The molecule has 5 nitrogen and oxygen atoms in total. The van der Waals surface area contributed by atoms with Gasteiger partial charge in [-0.3, -0.25) is 9.59 Å². The molecule has 1 fully saturated rings. The number of ether oxygens (including phenoxy) is 1. The van der Waals surface area contributed by atoms with Crippen LogP contribution in [0.5, 0.6) is 0 Å². The second-order valence-electron chi connectivity index (χ2n) is 6.23. The highest BCUT2D eigenvalue weighted by Crippen LogP contribution is 2.21. The van der Waals surface area contributed by atoms with Crippen molar-refractivity contribution in [3.05, 3.63) is 60.2 Å². The molecule has 1 aliphatic rings. The number of carbonyl (C=O) groups excluding carboxylic acids is 2. The summed E-state index contributed by atoms with van der Waals surface area (Å²) >= 11 is 0. The Bertz CT molecular complexity index is 722. The number of primary amides is 1. The maximum atomic E-state index is 12.6. The predicted molar refractivity (Wildman–Crippen MR) is 95.5 cm³/mol. The first kappa shape index (κ1) is 17.2. The fourth-order valence-electron chi connectivity index (χ4n) is 3.03. The lowest BCUT2D eigenvalue weighted by molar-refractivity contribution is -0.144. The molecule has 0 aliphatic carbocycles. The van der Waals surface area contributed by atoms with Crippen LogP contribution in [0.4, 0.5) is 0 Å². The Balaban J connectivity index is 1.72. The molecule has 25 heavy (non-hydrogen) atoms. The second-order valence-corrected chi connectivity index (χ2v) is 6.23. The van der Waals surface area contributed by atoms with Gasteiger partial charge in [-0.1, -0.05) is 54.6 Å². The molecule has 1 atom stereocenters. The van der Waals surface area contributed by atoms with Gasteiger partial charge in [-0.05, 0) is 29.5 Å². The Labute approximate surface area is 147 Å². The molecule has 0 radical (unpaired) electrons. The molecule has 2 N–H and O–H groups in total. The average Bonchev–Trinajstić information content (AvgIpc) is 3.16. The van der Waals surface area contributed by atoms with Gasteiger partial charge in [-0.25, -0.2) is 0 Å². The smallest absolute Gasteiger partial charge is 0.252 e. The molecular weight excluding hydrogens is 316 g/mol. The Kier molecular flexibility index (Phi) is 5.46. The van der Waals surface area contributed by atoms with Crippen molar-refractivity contribution >= 4 is 11.8 Å². The highest BCUT2D eigenvalue weighted by atomic mass is 16.5. The van der Waals surface area contributed by atoms with Crippen LogP contribution in [0.25, 0.3) is 11.1 Å². The van der Waals surface area contributed by atoms with Gasteiger partial charge in [-0.15, -0.1) is 0 Å². The number of nitrogens with two attached hydrogens (primary N) is 1. The summed E-state index contributed by atoms with van der Waals surface area (Å²) in [7, 11) is 0. The minimum Gasteiger partial charge on any atom is -0.368 e. The van der Waals surface area contributed by atoms with E-state index in [-0.39, 0.29) is 12.5 Å². The van der Waals surface area contributed by atoms with E-state index in [9.17, 15) is 9.59 Å². The maximum Gasteiger partial charge on any atom is 0.252 e. The lowest BCUT2D eigenvalue weighted by atomic mass is 10.0. The van der Waals surface area contributed by atoms with E-state index in [0.29, 0.717) is 19.6 Å². The second kappa shape index (κ2) is 7.94. The average molecular weight is 338 g/mol. The van der Waals surface area contributed by atoms with Gasteiger partial charge in [0.2, 0.25) is 5.91 Å². The number of carbonyl (C=O) groups is 2. The van der Waals surface area contributed by atoms with Crippen molar-refractivity contribution in [2.75, 3.05) is 13.2 Å². The normalized spacial score (nSPS) is 16.6. The Morgan fingerprint density at radius 1 is 1.04 bits per heavy atom. The van der Waals surface area contributed by atoms with E-state index in [0.717, 1.165) is 23.1 Å². The third-order valence-electron chi connectivity index (χ3n) is 4.30. The zero-order chi connectivity index (χ0) is 17.6. The van der Waals surface area contributed by atoms with Gasteiger partial charge < -0.3 is 15.4 Å². The quantitative estimate of drug-likeness (QED) is 0.879. The molecule has 1 heterocycles. The third-order valence-corrected chi connectivity index (χ3v) is 4.30. The lowest BCUT2D eigenvalue weighted by Crippen LogP contribution is -2.43. The Hall–Kier alpha value is -2.66. The fourth-order valence-corrected chi connectivity index (χ4v) is 3.03. The summed E-state index contributed by atoms with van der Waals surface area (Å²) in [4.78, 5) is 25.4. The molecule has 0 saturated carbocycles. The minimum atomic E-state index is -0.521. The van der Waals surface area contributed by atoms with Gasteiger partial charge in [-0.2, -0.15) is 0 Å². The third kappa shape index (κ3) is 4.45. The summed E-state index contributed by atoms with van der Waals surface area (Å²) in [5.41, 5.74) is 8.51. The number of hydrogen-bond acceptors (Lipinski definition) is 3. The molecule has 3 rings (SSSR count). The molecule has 0 bridgehead atoms. The van der Waals surface area contributed by atoms with Crippen molar-refractivity contribution in [3.63, 3.8) is 0 Å². The van der Waals surface area contributed by atoms with E-state index in [2.05, 4.69) is 12.1 Å². The van der Waals surface area contributed by atoms with Crippen molar-refractivity contribution in [2.45, 2.75) is 25.5 Å². The molecule has 130 valence electrons. The molecule has 1 aliphatic heterocycles. The number of hydrogen-bond donors (Lipinski definition) is 1. The minimum absolute atomic E-state index is 0.0981. The van der Waals surface area contributed by atoms with Crippen LogP contribution in [0, 0.1) is 0 Å². The summed E-state index contributed by atoms with van der Waals surface area (Å²) in [5, 5.41) is 0. The Morgan fingerprint density at radius 2 is 1.72 bits per heavy atom. The van der Waals surface area contributed by atoms with E-state index in [1.54, 1.807) is 0 Å². The molecule has 0 aromatic heterocycles.